The first-order chi connectivity index (χ1) is 9.93. The summed E-state index contributed by atoms with van der Waals surface area (Å²) in [6.45, 7) is 6.78. The van der Waals surface area contributed by atoms with Crippen LogP contribution in [0, 0.1) is 12.8 Å². The van der Waals surface area contributed by atoms with Gasteiger partial charge in [0, 0.05) is 18.5 Å². The molecule has 0 atom stereocenters. The number of aliphatic hydroxyl groups is 1. The van der Waals surface area contributed by atoms with Gasteiger partial charge in [-0.05, 0) is 44.9 Å². The molecule has 0 amide bonds. The van der Waals surface area contributed by atoms with Gasteiger partial charge in [0.2, 0.25) is 0 Å². The first kappa shape index (κ1) is 16.5. The minimum absolute atomic E-state index is 0.500. The Bertz CT molecular complexity index is 485. The van der Waals surface area contributed by atoms with E-state index in [-0.39, 0.29) is 0 Å². The van der Waals surface area contributed by atoms with E-state index in [1.807, 2.05) is 6.92 Å². The molecule has 0 spiro atoms. The van der Waals surface area contributed by atoms with E-state index in [2.05, 4.69) is 29.1 Å². The lowest BCUT2D eigenvalue weighted by Gasteiger charge is -2.35. The molecule has 1 saturated carbocycles. The van der Waals surface area contributed by atoms with Crippen LogP contribution in [0.1, 0.15) is 57.3 Å². The number of nitrogens with one attached hydrogen (secondary N) is 1. The summed E-state index contributed by atoms with van der Waals surface area (Å²) in [4.78, 5) is 8.83. The molecule has 4 nitrogen and oxygen atoms in total. The van der Waals surface area contributed by atoms with Crippen LogP contribution >= 0.6 is 11.6 Å². The van der Waals surface area contributed by atoms with Gasteiger partial charge >= 0.3 is 0 Å². The Morgan fingerprint density at radius 1 is 1.33 bits per heavy atom. The second kappa shape index (κ2) is 6.93. The lowest BCUT2D eigenvalue weighted by molar-refractivity contribution is 0.00493. The molecule has 5 heteroatoms. The summed E-state index contributed by atoms with van der Waals surface area (Å²) in [5.74, 6) is 2.24. The SMILES string of the molecule is CCCc1nc(Cl)c(C)c(NCC2(O)CCC(C)CC2)n1. The molecule has 0 aromatic carbocycles. The molecule has 0 saturated heterocycles. The molecule has 2 N–H and O–H groups in total. The number of hydrogen-bond donors (Lipinski definition) is 2. The molecule has 1 aliphatic rings. The number of hydrogen-bond acceptors (Lipinski definition) is 4. The Morgan fingerprint density at radius 3 is 2.62 bits per heavy atom. The van der Waals surface area contributed by atoms with E-state index in [9.17, 15) is 5.11 Å². The molecule has 0 radical (unpaired) electrons. The van der Waals surface area contributed by atoms with Gasteiger partial charge in [-0.25, -0.2) is 9.97 Å². The van der Waals surface area contributed by atoms with E-state index >= 15 is 0 Å². The predicted octanol–water partition coefficient (Wildman–Crippen LogP) is 3.74. The van der Waals surface area contributed by atoms with Crippen molar-refractivity contribution in [2.45, 2.75) is 64.9 Å². The van der Waals surface area contributed by atoms with Crippen molar-refractivity contribution in [3.05, 3.63) is 16.5 Å². The fourth-order valence-corrected chi connectivity index (χ4v) is 2.95. The maximum absolute atomic E-state index is 10.6. The molecule has 1 heterocycles. The van der Waals surface area contributed by atoms with Crippen molar-refractivity contribution in [2.75, 3.05) is 11.9 Å². The van der Waals surface area contributed by atoms with Gasteiger partial charge in [-0.2, -0.15) is 0 Å². The van der Waals surface area contributed by atoms with Gasteiger partial charge in [-0.3, -0.25) is 0 Å². The Labute approximate surface area is 132 Å². The smallest absolute Gasteiger partial charge is 0.137 e. The Balaban J connectivity index is 2.05. The zero-order chi connectivity index (χ0) is 15.5. The van der Waals surface area contributed by atoms with Crippen LogP contribution in [0.15, 0.2) is 0 Å². The number of halogens is 1. The molecule has 1 aliphatic carbocycles. The van der Waals surface area contributed by atoms with E-state index in [0.717, 1.165) is 61.6 Å². The van der Waals surface area contributed by atoms with Crippen molar-refractivity contribution in [3.63, 3.8) is 0 Å². The van der Waals surface area contributed by atoms with Crippen LogP contribution in [0.5, 0.6) is 0 Å². The normalized spacial score (nSPS) is 25.9. The van der Waals surface area contributed by atoms with E-state index in [1.54, 1.807) is 0 Å². The second-order valence-corrected chi connectivity index (χ2v) is 6.77. The maximum atomic E-state index is 10.6. The van der Waals surface area contributed by atoms with Crippen LogP contribution in [-0.2, 0) is 6.42 Å². The molecule has 1 fully saturated rings. The highest BCUT2D eigenvalue weighted by molar-refractivity contribution is 6.30. The van der Waals surface area contributed by atoms with E-state index in [1.165, 1.54) is 0 Å². The number of aromatic nitrogens is 2. The van der Waals surface area contributed by atoms with Crippen LogP contribution in [-0.4, -0.2) is 27.2 Å². The lowest BCUT2D eigenvalue weighted by Crippen LogP contribution is -2.40. The summed E-state index contributed by atoms with van der Waals surface area (Å²) in [5.41, 5.74) is 0.227. The number of rotatable bonds is 5. The molecule has 0 bridgehead atoms. The highest BCUT2D eigenvalue weighted by atomic mass is 35.5. The standard InChI is InChI=1S/C16H26ClN3O/c1-4-5-13-19-14(17)12(3)15(20-13)18-10-16(21)8-6-11(2)7-9-16/h11,21H,4-10H2,1-3H3,(H,18,19,20). The van der Waals surface area contributed by atoms with Gasteiger partial charge < -0.3 is 10.4 Å². The van der Waals surface area contributed by atoms with Crippen LogP contribution < -0.4 is 5.32 Å². The average Bonchev–Trinajstić information content (AvgIpc) is 2.45. The Hall–Kier alpha value is -0.870. The van der Waals surface area contributed by atoms with Crippen molar-refractivity contribution < 1.29 is 5.11 Å². The fourth-order valence-electron chi connectivity index (χ4n) is 2.76. The van der Waals surface area contributed by atoms with E-state index in [4.69, 9.17) is 11.6 Å². The first-order valence-corrected chi connectivity index (χ1v) is 8.30. The van der Waals surface area contributed by atoms with E-state index in [0.29, 0.717) is 11.7 Å². The number of nitrogens with zero attached hydrogens (tertiary/aromatic N) is 2. The van der Waals surface area contributed by atoms with Gasteiger partial charge in [0.05, 0.1) is 5.60 Å². The van der Waals surface area contributed by atoms with Crippen molar-refractivity contribution >= 4 is 17.4 Å². The van der Waals surface area contributed by atoms with E-state index < -0.39 is 5.60 Å². The Morgan fingerprint density at radius 2 is 2.00 bits per heavy atom. The topological polar surface area (TPSA) is 58.0 Å². The van der Waals surface area contributed by atoms with Crippen molar-refractivity contribution in [3.8, 4) is 0 Å². The zero-order valence-electron chi connectivity index (χ0n) is 13.2. The Kier molecular flexibility index (Phi) is 5.44. The summed E-state index contributed by atoms with van der Waals surface area (Å²) in [6, 6.07) is 0. The molecule has 21 heavy (non-hydrogen) atoms. The lowest BCUT2D eigenvalue weighted by atomic mass is 9.79. The quantitative estimate of drug-likeness (QED) is 0.813. The monoisotopic (exact) mass is 311 g/mol. The van der Waals surface area contributed by atoms with Gasteiger partial charge in [-0.1, -0.05) is 25.4 Å². The fraction of sp³-hybridized carbons (Fsp3) is 0.750. The largest absolute Gasteiger partial charge is 0.388 e. The summed E-state index contributed by atoms with van der Waals surface area (Å²) in [5, 5.41) is 14.4. The van der Waals surface area contributed by atoms with Gasteiger partial charge in [0.25, 0.3) is 0 Å². The first-order valence-electron chi connectivity index (χ1n) is 7.93. The highest BCUT2D eigenvalue weighted by Gasteiger charge is 2.31. The minimum atomic E-state index is -0.624. The summed E-state index contributed by atoms with van der Waals surface area (Å²) in [6.07, 6.45) is 5.67. The molecular formula is C16H26ClN3O. The average molecular weight is 312 g/mol. The third kappa shape index (κ3) is 4.30. The molecular weight excluding hydrogens is 286 g/mol. The van der Waals surface area contributed by atoms with Crippen LogP contribution in [0.4, 0.5) is 5.82 Å². The summed E-state index contributed by atoms with van der Waals surface area (Å²) in [7, 11) is 0. The predicted molar refractivity (Wildman–Crippen MR) is 86.8 cm³/mol. The third-order valence-corrected chi connectivity index (χ3v) is 4.76. The number of aryl methyl sites for hydroxylation is 1. The van der Waals surface area contributed by atoms with Crippen LogP contribution in [0.2, 0.25) is 5.15 Å². The van der Waals surface area contributed by atoms with Crippen molar-refractivity contribution in [1.29, 1.82) is 0 Å². The maximum Gasteiger partial charge on any atom is 0.137 e. The van der Waals surface area contributed by atoms with Crippen LogP contribution in [0.25, 0.3) is 0 Å². The third-order valence-electron chi connectivity index (χ3n) is 4.40. The van der Waals surface area contributed by atoms with Gasteiger partial charge in [-0.15, -0.1) is 0 Å². The summed E-state index contributed by atoms with van der Waals surface area (Å²) >= 11 is 6.18. The highest BCUT2D eigenvalue weighted by Crippen LogP contribution is 2.32. The molecule has 0 aliphatic heterocycles. The second-order valence-electron chi connectivity index (χ2n) is 6.41. The summed E-state index contributed by atoms with van der Waals surface area (Å²) < 4.78 is 0. The molecule has 2 rings (SSSR count). The van der Waals surface area contributed by atoms with Crippen molar-refractivity contribution in [2.24, 2.45) is 5.92 Å². The minimum Gasteiger partial charge on any atom is -0.388 e. The number of anilines is 1. The van der Waals surface area contributed by atoms with Gasteiger partial charge in [0.15, 0.2) is 0 Å². The van der Waals surface area contributed by atoms with Gasteiger partial charge in [0.1, 0.15) is 16.8 Å². The van der Waals surface area contributed by atoms with Crippen molar-refractivity contribution in [1.82, 2.24) is 9.97 Å². The van der Waals surface area contributed by atoms with Crippen LogP contribution in [0.3, 0.4) is 0 Å². The zero-order valence-corrected chi connectivity index (χ0v) is 14.0. The molecule has 1 aromatic rings. The molecule has 0 unspecified atom stereocenters. The molecule has 118 valence electrons. The molecule has 1 aromatic heterocycles.